The minimum Gasteiger partial charge on any atom is -0.383 e. The molecule has 0 aromatic heterocycles. The zero-order valence-electron chi connectivity index (χ0n) is 14.6. The first-order chi connectivity index (χ1) is 11.8. The van der Waals surface area contributed by atoms with E-state index in [1.165, 1.54) is 18.4 Å². The van der Waals surface area contributed by atoms with Gasteiger partial charge in [0.1, 0.15) is 0 Å². The first-order valence-corrected chi connectivity index (χ1v) is 9.04. The van der Waals surface area contributed by atoms with Crippen LogP contribution in [0.1, 0.15) is 24.4 Å². The minimum absolute atomic E-state index is 0.154. The van der Waals surface area contributed by atoms with E-state index in [0.29, 0.717) is 12.5 Å². The number of benzene rings is 1. The van der Waals surface area contributed by atoms with Crippen LogP contribution < -0.4 is 5.32 Å². The van der Waals surface area contributed by atoms with E-state index in [2.05, 4.69) is 39.4 Å². The van der Waals surface area contributed by atoms with Crippen molar-refractivity contribution in [1.29, 1.82) is 0 Å². The van der Waals surface area contributed by atoms with E-state index in [-0.39, 0.29) is 11.9 Å². The number of ether oxygens (including phenoxy) is 1. The third-order valence-electron chi connectivity index (χ3n) is 5.01. The van der Waals surface area contributed by atoms with Crippen LogP contribution in [0.5, 0.6) is 0 Å². The quantitative estimate of drug-likeness (QED) is 0.784. The Hall–Kier alpha value is -1.43. The van der Waals surface area contributed by atoms with E-state index in [0.717, 1.165) is 39.3 Å². The van der Waals surface area contributed by atoms with E-state index < -0.39 is 0 Å². The monoisotopic (exact) mass is 331 g/mol. The summed E-state index contributed by atoms with van der Waals surface area (Å²) in [5.41, 5.74) is 1.23. The summed E-state index contributed by atoms with van der Waals surface area (Å²) in [5.74, 6) is 0.767. The Kier molecular flexibility index (Phi) is 6.24. The zero-order valence-corrected chi connectivity index (χ0v) is 14.6. The fourth-order valence-electron chi connectivity index (χ4n) is 3.38. The largest absolute Gasteiger partial charge is 0.383 e. The molecule has 24 heavy (non-hydrogen) atoms. The highest BCUT2D eigenvalue weighted by molar-refractivity contribution is 5.78. The van der Waals surface area contributed by atoms with Gasteiger partial charge in [-0.05, 0) is 24.3 Å². The summed E-state index contributed by atoms with van der Waals surface area (Å²) in [6.45, 7) is 6.21. The second kappa shape index (κ2) is 8.60. The first-order valence-electron chi connectivity index (χ1n) is 9.04. The van der Waals surface area contributed by atoms with Crippen molar-refractivity contribution in [2.75, 3.05) is 53.0 Å². The smallest absolute Gasteiger partial charge is 0.234 e. The Morgan fingerprint density at radius 1 is 1.17 bits per heavy atom. The molecule has 1 aromatic rings. The topological polar surface area (TPSA) is 44.8 Å². The van der Waals surface area contributed by atoms with Crippen molar-refractivity contribution in [3.05, 3.63) is 35.9 Å². The Balaban J connectivity index is 1.45. The molecule has 1 unspecified atom stereocenters. The maximum absolute atomic E-state index is 12.5. The molecule has 5 heteroatoms. The van der Waals surface area contributed by atoms with Crippen LogP contribution in [0.2, 0.25) is 0 Å². The number of methoxy groups -OCH3 is 1. The second-order valence-electron chi connectivity index (χ2n) is 6.90. The predicted molar refractivity (Wildman–Crippen MR) is 94.8 cm³/mol. The van der Waals surface area contributed by atoms with Gasteiger partial charge in [-0.3, -0.25) is 14.6 Å². The van der Waals surface area contributed by atoms with Gasteiger partial charge in [0, 0.05) is 39.8 Å². The number of nitrogens with one attached hydrogen (secondary N) is 1. The van der Waals surface area contributed by atoms with Crippen LogP contribution in [0.15, 0.2) is 30.3 Å². The molecule has 0 bridgehead atoms. The average molecular weight is 331 g/mol. The summed E-state index contributed by atoms with van der Waals surface area (Å²) in [6.07, 6.45) is 2.44. The molecule has 1 heterocycles. The Morgan fingerprint density at radius 2 is 1.83 bits per heavy atom. The van der Waals surface area contributed by atoms with E-state index in [9.17, 15) is 4.79 Å². The lowest BCUT2D eigenvalue weighted by Crippen LogP contribution is -2.50. The number of amides is 1. The highest BCUT2D eigenvalue weighted by Gasteiger charge is 2.33. The standard InChI is InChI=1S/C19H29N3O2/c1-24-14-13-21-9-11-22(12-10-21)15-18(23)20-19(17-7-8-17)16-5-3-2-4-6-16/h2-6,17,19H,7-15H2,1H3,(H,20,23). The number of piperazine rings is 1. The highest BCUT2D eigenvalue weighted by Crippen LogP contribution is 2.40. The van der Waals surface area contributed by atoms with E-state index >= 15 is 0 Å². The van der Waals surface area contributed by atoms with E-state index in [4.69, 9.17) is 4.74 Å². The van der Waals surface area contributed by atoms with Gasteiger partial charge in [0.2, 0.25) is 5.91 Å². The van der Waals surface area contributed by atoms with Gasteiger partial charge < -0.3 is 10.1 Å². The summed E-state index contributed by atoms with van der Waals surface area (Å²) in [6, 6.07) is 10.6. The predicted octanol–water partition coefficient (Wildman–Crippen LogP) is 1.52. The van der Waals surface area contributed by atoms with Gasteiger partial charge in [-0.25, -0.2) is 0 Å². The van der Waals surface area contributed by atoms with Crippen molar-refractivity contribution in [3.8, 4) is 0 Å². The fraction of sp³-hybridized carbons (Fsp3) is 0.632. The van der Waals surface area contributed by atoms with Crippen molar-refractivity contribution in [2.24, 2.45) is 5.92 Å². The molecule has 2 aliphatic rings. The second-order valence-corrected chi connectivity index (χ2v) is 6.90. The number of nitrogens with zero attached hydrogens (tertiary/aromatic N) is 2. The van der Waals surface area contributed by atoms with Crippen molar-refractivity contribution in [2.45, 2.75) is 18.9 Å². The molecule has 1 atom stereocenters. The molecule has 5 nitrogen and oxygen atoms in total. The Labute approximate surface area is 145 Å². The van der Waals surface area contributed by atoms with Crippen LogP contribution in [0, 0.1) is 5.92 Å². The van der Waals surface area contributed by atoms with Gasteiger partial charge >= 0.3 is 0 Å². The molecule has 1 saturated heterocycles. The lowest BCUT2D eigenvalue weighted by atomic mass is 10.0. The van der Waals surface area contributed by atoms with Gasteiger partial charge in [-0.1, -0.05) is 30.3 Å². The van der Waals surface area contributed by atoms with Gasteiger partial charge in [0.05, 0.1) is 19.2 Å². The van der Waals surface area contributed by atoms with Gasteiger partial charge in [-0.2, -0.15) is 0 Å². The molecular weight excluding hydrogens is 302 g/mol. The van der Waals surface area contributed by atoms with E-state index in [1.54, 1.807) is 7.11 Å². The normalized spacial score (nSPS) is 20.7. The van der Waals surface area contributed by atoms with Crippen LogP contribution in [0.25, 0.3) is 0 Å². The number of carbonyl (C=O) groups excluding carboxylic acids is 1. The molecule has 1 N–H and O–H groups in total. The number of hydrogen-bond donors (Lipinski definition) is 1. The SMILES string of the molecule is COCCN1CCN(CC(=O)NC(c2ccccc2)C2CC2)CC1. The third kappa shape index (κ3) is 5.03. The molecule has 0 radical (unpaired) electrons. The van der Waals surface area contributed by atoms with E-state index in [1.807, 2.05) is 6.07 Å². The van der Waals surface area contributed by atoms with Gasteiger partial charge in [0.25, 0.3) is 0 Å². The highest BCUT2D eigenvalue weighted by atomic mass is 16.5. The van der Waals surface area contributed by atoms with Gasteiger partial charge in [-0.15, -0.1) is 0 Å². The van der Waals surface area contributed by atoms with Crippen LogP contribution >= 0.6 is 0 Å². The lowest BCUT2D eigenvalue weighted by molar-refractivity contribution is -0.123. The molecule has 3 rings (SSSR count). The molecule has 1 saturated carbocycles. The lowest BCUT2D eigenvalue weighted by Gasteiger charge is -2.34. The summed E-state index contributed by atoms with van der Waals surface area (Å²) in [5, 5.41) is 3.27. The molecular formula is C19H29N3O2. The fourth-order valence-corrected chi connectivity index (χ4v) is 3.38. The molecule has 1 aliphatic carbocycles. The van der Waals surface area contributed by atoms with Crippen molar-refractivity contribution < 1.29 is 9.53 Å². The number of carbonyl (C=O) groups is 1. The third-order valence-corrected chi connectivity index (χ3v) is 5.01. The molecule has 0 spiro atoms. The molecule has 1 aromatic carbocycles. The first kappa shape index (κ1) is 17.4. The van der Waals surface area contributed by atoms with Crippen molar-refractivity contribution in [3.63, 3.8) is 0 Å². The van der Waals surface area contributed by atoms with Crippen molar-refractivity contribution in [1.82, 2.24) is 15.1 Å². The number of rotatable bonds is 8. The number of hydrogen-bond acceptors (Lipinski definition) is 4. The summed E-state index contributed by atoms with van der Waals surface area (Å²) >= 11 is 0. The summed E-state index contributed by atoms with van der Waals surface area (Å²) in [4.78, 5) is 17.1. The zero-order chi connectivity index (χ0) is 16.8. The minimum atomic E-state index is 0.154. The van der Waals surface area contributed by atoms with Crippen LogP contribution in [-0.2, 0) is 9.53 Å². The Morgan fingerprint density at radius 3 is 2.46 bits per heavy atom. The summed E-state index contributed by atoms with van der Waals surface area (Å²) in [7, 11) is 1.74. The average Bonchev–Trinajstić information content (AvgIpc) is 3.45. The van der Waals surface area contributed by atoms with Crippen molar-refractivity contribution >= 4 is 5.91 Å². The maximum atomic E-state index is 12.5. The van der Waals surface area contributed by atoms with Gasteiger partial charge in [0.15, 0.2) is 0 Å². The van der Waals surface area contributed by atoms with Crippen LogP contribution in [0.4, 0.5) is 0 Å². The molecule has 2 fully saturated rings. The summed E-state index contributed by atoms with van der Waals surface area (Å²) < 4.78 is 5.13. The Bertz CT molecular complexity index is 511. The van der Waals surface area contributed by atoms with Crippen LogP contribution in [-0.4, -0.2) is 68.7 Å². The molecule has 1 aliphatic heterocycles. The molecule has 1 amide bonds. The maximum Gasteiger partial charge on any atom is 0.234 e. The molecule has 132 valence electrons. The van der Waals surface area contributed by atoms with Crippen LogP contribution in [0.3, 0.4) is 0 Å².